The number of hydrogen-bond donors (Lipinski definition) is 0. The van der Waals surface area contributed by atoms with Crippen LogP contribution in [0.25, 0.3) is 11.0 Å². The molecule has 0 saturated heterocycles. The van der Waals surface area contributed by atoms with Crippen LogP contribution in [-0.4, -0.2) is 14.5 Å². The summed E-state index contributed by atoms with van der Waals surface area (Å²) in [5.74, 6) is 3.65. The van der Waals surface area contributed by atoms with Gasteiger partial charge in [0, 0.05) is 12.2 Å². The molecule has 5 atom stereocenters. The SMILES string of the molecule is CC(Cl)c1nc2cnccc2n1C(C)C1CC2CCC1C2. The quantitative estimate of drug-likeness (QED) is 0.768. The second-order valence-corrected chi connectivity index (χ2v) is 7.55. The van der Waals surface area contributed by atoms with Crippen molar-refractivity contribution in [3.63, 3.8) is 0 Å². The lowest BCUT2D eigenvalue weighted by Gasteiger charge is -2.30. The molecule has 2 aliphatic carbocycles. The topological polar surface area (TPSA) is 30.7 Å². The van der Waals surface area contributed by atoms with E-state index in [2.05, 4.69) is 22.5 Å². The van der Waals surface area contributed by atoms with E-state index in [-0.39, 0.29) is 5.38 Å². The Hall–Kier alpha value is -1.09. The van der Waals surface area contributed by atoms with Crippen LogP contribution in [-0.2, 0) is 0 Å². The van der Waals surface area contributed by atoms with E-state index >= 15 is 0 Å². The molecule has 21 heavy (non-hydrogen) atoms. The van der Waals surface area contributed by atoms with Crippen molar-refractivity contribution in [3.8, 4) is 0 Å². The molecule has 112 valence electrons. The first-order valence-corrected chi connectivity index (χ1v) is 8.54. The Balaban J connectivity index is 1.79. The van der Waals surface area contributed by atoms with Crippen molar-refractivity contribution in [1.82, 2.24) is 14.5 Å². The third-order valence-corrected chi connectivity index (χ3v) is 5.89. The monoisotopic (exact) mass is 303 g/mol. The summed E-state index contributed by atoms with van der Waals surface area (Å²) in [7, 11) is 0. The van der Waals surface area contributed by atoms with Gasteiger partial charge in [-0.3, -0.25) is 4.98 Å². The van der Waals surface area contributed by atoms with Crippen molar-refractivity contribution in [3.05, 3.63) is 24.3 Å². The molecule has 0 aliphatic heterocycles. The van der Waals surface area contributed by atoms with Crippen LogP contribution in [0.2, 0.25) is 0 Å². The van der Waals surface area contributed by atoms with E-state index < -0.39 is 0 Å². The first-order valence-electron chi connectivity index (χ1n) is 8.11. The normalized spacial score (nSPS) is 30.9. The minimum atomic E-state index is -0.0709. The van der Waals surface area contributed by atoms with Gasteiger partial charge in [0.25, 0.3) is 0 Å². The summed E-state index contributed by atoms with van der Waals surface area (Å²) < 4.78 is 2.39. The largest absolute Gasteiger partial charge is 0.324 e. The summed E-state index contributed by atoms with van der Waals surface area (Å²) >= 11 is 6.41. The Kier molecular flexibility index (Phi) is 3.21. The summed E-state index contributed by atoms with van der Waals surface area (Å²) in [5, 5.41) is -0.0709. The fourth-order valence-electron chi connectivity index (χ4n) is 4.75. The highest BCUT2D eigenvalue weighted by Crippen LogP contribution is 2.52. The van der Waals surface area contributed by atoms with Gasteiger partial charge in [-0.15, -0.1) is 11.6 Å². The fourth-order valence-corrected chi connectivity index (χ4v) is 4.91. The third-order valence-electron chi connectivity index (χ3n) is 5.69. The zero-order chi connectivity index (χ0) is 14.6. The third kappa shape index (κ3) is 2.09. The maximum atomic E-state index is 6.41. The van der Waals surface area contributed by atoms with Crippen molar-refractivity contribution < 1.29 is 0 Å². The number of hydrogen-bond acceptors (Lipinski definition) is 2. The van der Waals surface area contributed by atoms with Crippen molar-refractivity contribution in [2.75, 3.05) is 0 Å². The molecule has 0 N–H and O–H groups in total. The Bertz CT molecular complexity index is 663. The van der Waals surface area contributed by atoms with Gasteiger partial charge in [0.1, 0.15) is 11.3 Å². The van der Waals surface area contributed by atoms with E-state index in [1.54, 1.807) is 0 Å². The second-order valence-electron chi connectivity index (χ2n) is 6.90. The Morgan fingerprint density at radius 1 is 1.29 bits per heavy atom. The molecule has 5 unspecified atom stereocenters. The van der Waals surface area contributed by atoms with Crippen LogP contribution in [0, 0.1) is 17.8 Å². The maximum Gasteiger partial charge on any atom is 0.128 e. The molecule has 2 bridgehead atoms. The van der Waals surface area contributed by atoms with Gasteiger partial charge in [0.2, 0.25) is 0 Å². The predicted octanol–water partition coefficient (Wildman–Crippen LogP) is 4.73. The Morgan fingerprint density at radius 2 is 2.14 bits per heavy atom. The molecule has 0 amide bonds. The number of aromatic nitrogens is 3. The summed E-state index contributed by atoms with van der Waals surface area (Å²) in [4.78, 5) is 8.94. The summed E-state index contributed by atoms with van der Waals surface area (Å²) in [6.07, 6.45) is 9.39. The van der Waals surface area contributed by atoms with E-state index in [1.165, 1.54) is 31.2 Å². The van der Waals surface area contributed by atoms with Gasteiger partial charge in [-0.1, -0.05) is 6.42 Å². The van der Waals surface area contributed by atoms with Gasteiger partial charge >= 0.3 is 0 Å². The standard InChI is InChI=1S/C17H22ClN3/c1-10(18)17-20-15-9-19-6-5-16(15)21(17)11(2)14-8-12-3-4-13(14)7-12/h5-6,9-14H,3-4,7-8H2,1-2H3. The molecule has 0 radical (unpaired) electrons. The first-order chi connectivity index (χ1) is 10.1. The van der Waals surface area contributed by atoms with Gasteiger partial charge in [0.15, 0.2) is 0 Å². The Labute approximate surface area is 130 Å². The molecule has 0 aromatic carbocycles. The van der Waals surface area contributed by atoms with Crippen LogP contribution < -0.4 is 0 Å². The predicted molar refractivity (Wildman–Crippen MR) is 85.4 cm³/mol. The fraction of sp³-hybridized carbons (Fsp3) is 0.647. The smallest absolute Gasteiger partial charge is 0.128 e. The summed E-state index contributed by atoms with van der Waals surface area (Å²) in [6.45, 7) is 4.37. The average molecular weight is 304 g/mol. The highest BCUT2D eigenvalue weighted by atomic mass is 35.5. The van der Waals surface area contributed by atoms with Crippen molar-refractivity contribution in [2.45, 2.75) is 50.9 Å². The van der Waals surface area contributed by atoms with E-state index in [9.17, 15) is 0 Å². The van der Waals surface area contributed by atoms with Crippen molar-refractivity contribution in [1.29, 1.82) is 0 Å². The number of halogens is 1. The maximum absolute atomic E-state index is 6.41. The first kappa shape index (κ1) is 13.6. The average Bonchev–Trinajstić information content (AvgIpc) is 3.19. The highest BCUT2D eigenvalue weighted by Gasteiger charge is 2.43. The highest BCUT2D eigenvalue weighted by molar-refractivity contribution is 6.20. The number of pyridine rings is 1. The Morgan fingerprint density at radius 3 is 2.81 bits per heavy atom. The lowest BCUT2D eigenvalue weighted by Crippen LogP contribution is -2.23. The molecule has 0 spiro atoms. The van der Waals surface area contributed by atoms with E-state index in [0.29, 0.717) is 6.04 Å². The number of fused-ring (bicyclic) bond motifs is 3. The van der Waals surface area contributed by atoms with Gasteiger partial charge in [-0.25, -0.2) is 4.98 Å². The summed E-state index contributed by atoms with van der Waals surface area (Å²) in [5.41, 5.74) is 2.15. The van der Waals surface area contributed by atoms with Crippen LogP contribution in [0.1, 0.15) is 56.8 Å². The van der Waals surface area contributed by atoms with Gasteiger partial charge in [0.05, 0.1) is 17.1 Å². The van der Waals surface area contributed by atoms with Crippen LogP contribution in [0.4, 0.5) is 0 Å². The van der Waals surface area contributed by atoms with Crippen LogP contribution in [0.15, 0.2) is 18.5 Å². The molecular weight excluding hydrogens is 282 g/mol. The zero-order valence-corrected chi connectivity index (χ0v) is 13.4. The minimum Gasteiger partial charge on any atom is -0.324 e. The molecule has 2 saturated carbocycles. The molecule has 2 heterocycles. The molecule has 2 aromatic heterocycles. The molecule has 2 aromatic rings. The van der Waals surface area contributed by atoms with E-state index in [1.807, 2.05) is 19.3 Å². The second kappa shape index (κ2) is 4.98. The summed E-state index contributed by atoms with van der Waals surface area (Å²) in [6, 6.07) is 2.55. The molecule has 4 rings (SSSR count). The molecule has 3 nitrogen and oxygen atoms in total. The van der Waals surface area contributed by atoms with E-state index in [0.717, 1.165) is 29.1 Å². The van der Waals surface area contributed by atoms with Crippen LogP contribution >= 0.6 is 11.6 Å². The van der Waals surface area contributed by atoms with Gasteiger partial charge in [-0.05, 0) is 56.9 Å². The number of nitrogens with zero attached hydrogens (tertiary/aromatic N) is 3. The lowest BCUT2D eigenvalue weighted by molar-refractivity contribution is 0.243. The molecule has 2 fully saturated rings. The molecule has 4 heteroatoms. The van der Waals surface area contributed by atoms with Gasteiger partial charge in [-0.2, -0.15) is 0 Å². The van der Waals surface area contributed by atoms with E-state index in [4.69, 9.17) is 16.6 Å². The number of alkyl halides is 1. The lowest BCUT2D eigenvalue weighted by atomic mass is 9.83. The zero-order valence-electron chi connectivity index (χ0n) is 12.7. The molecular formula is C17H22ClN3. The number of imidazole rings is 1. The van der Waals surface area contributed by atoms with Gasteiger partial charge < -0.3 is 4.57 Å². The molecule has 2 aliphatic rings. The van der Waals surface area contributed by atoms with Crippen molar-refractivity contribution >= 4 is 22.6 Å². The minimum absolute atomic E-state index is 0.0709. The van der Waals surface area contributed by atoms with Crippen molar-refractivity contribution in [2.24, 2.45) is 17.8 Å². The number of rotatable bonds is 3. The van der Waals surface area contributed by atoms with Crippen LogP contribution in [0.5, 0.6) is 0 Å². The van der Waals surface area contributed by atoms with Crippen LogP contribution in [0.3, 0.4) is 0 Å².